The van der Waals surface area contributed by atoms with Crippen LogP contribution in [0.5, 0.6) is 0 Å². The van der Waals surface area contributed by atoms with E-state index in [-0.39, 0.29) is 8.42 Å². The Balaban J connectivity index is 2.01. The Morgan fingerprint density at radius 3 is 1.52 bits per heavy atom. The van der Waals surface area contributed by atoms with Gasteiger partial charge in [-0.2, -0.15) is 16.8 Å². The molecule has 0 spiro atoms. The monoisotopic (exact) mass is 368 g/mol. The van der Waals surface area contributed by atoms with Gasteiger partial charge in [0.25, 0.3) is 0 Å². The number of hydrogen-bond acceptors (Lipinski definition) is 8. The molecule has 2 aromatic rings. The molecule has 0 amide bonds. The zero-order valence-electron chi connectivity index (χ0n) is 11.1. The van der Waals surface area contributed by atoms with E-state index in [0.717, 1.165) is 33.8 Å². The summed E-state index contributed by atoms with van der Waals surface area (Å²) in [7, 11) is -8.01. The largest absolute Gasteiger partial charge is 0.308 e. The lowest BCUT2D eigenvalue weighted by Crippen LogP contribution is -2.12. The van der Waals surface area contributed by atoms with E-state index in [4.69, 9.17) is 0 Å². The molecule has 0 bridgehead atoms. The lowest BCUT2D eigenvalue weighted by molar-refractivity contribution is 0.133. The lowest BCUT2D eigenvalue weighted by Gasteiger charge is -2.04. The second-order valence-electron chi connectivity index (χ2n) is 4.15. The molecule has 0 saturated heterocycles. The molecule has 0 aromatic carbocycles. The first-order valence-corrected chi connectivity index (χ1v) is 10.2. The van der Waals surface area contributed by atoms with Crippen LogP contribution in [0.15, 0.2) is 31.3 Å². The van der Waals surface area contributed by atoms with E-state index in [9.17, 15) is 16.8 Å². The van der Waals surface area contributed by atoms with Crippen LogP contribution in [0.2, 0.25) is 0 Å². The van der Waals surface area contributed by atoms with Gasteiger partial charge < -0.3 is 0 Å². The molecule has 21 heavy (non-hydrogen) atoms. The molecule has 0 fully saturated rings. The fourth-order valence-electron chi connectivity index (χ4n) is 1.33. The first-order chi connectivity index (χ1) is 9.71. The lowest BCUT2D eigenvalue weighted by atomic mass is 10.4. The molecule has 10 heteroatoms. The molecule has 0 N–H and O–H groups in total. The van der Waals surface area contributed by atoms with Crippen molar-refractivity contribution in [3.63, 3.8) is 0 Å². The highest BCUT2D eigenvalue weighted by molar-refractivity contribution is 7.89. The van der Waals surface area contributed by atoms with Crippen LogP contribution >= 0.6 is 22.7 Å². The maximum Gasteiger partial charge on any atom is 0.308 e. The molecule has 2 rings (SSSR count). The highest BCUT2D eigenvalue weighted by Gasteiger charge is 2.21. The number of rotatable bonds is 6. The summed E-state index contributed by atoms with van der Waals surface area (Å²) in [5.74, 6) is 0. The smallest absolute Gasteiger partial charge is 0.236 e. The second-order valence-corrected chi connectivity index (χ2v) is 9.65. The first kappa shape index (κ1) is 16.6. The van der Waals surface area contributed by atoms with Crippen molar-refractivity contribution in [2.24, 2.45) is 0 Å². The van der Waals surface area contributed by atoms with Gasteiger partial charge in [-0.15, -0.1) is 22.7 Å². The third-order valence-electron chi connectivity index (χ3n) is 2.31. The maximum atomic E-state index is 11.8. The van der Waals surface area contributed by atoms with E-state index in [1.165, 1.54) is 12.1 Å². The normalized spacial score (nSPS) is 12.7. The Kier molecular flexibility index (Phi) is 4.85. The van der Waals surface area contributed by atoms with Crippen molar-refractivity contribution in [2.45, 2.75) is 22.3 Å². The molecule has 0 aliphatic heterocycles. The van der Waals surface area contributed by atoms with Crippen LogP contribution in [0.3, 0.4) is 0 Å². The number of thiophene rings is 2. The van der Waals surface area contributed by atoms with Crippen LogP contribution in [0.4, 0.5) is 0 Å². The predicted molar refractivity (Wildman–Crippen MR) is 79.5 cm³/mol. The molecule has 0 radical (unpaired) electrons. The summed E-state index contributed by atoms with van der Waals surface area (Å²) in [4.78, 5) is 0. The Morgan fingerprint density at radius 2 is 1.24 bits per heavy atom. The molecule has 2 heterocycles. The zero-order chi connectivity index (χ0) is 15.7. The van der Waals surface area contributed by atoms with Crippen molar-refractivity contribution in [1.82, 2.24) is 0 Å². The molecule has 0 saturated carbocycles. The van der Waals surface area contributed by atoms with Crippen LogP contribution in [-0.4, -0.2) is 23.6 Å². The summed E-state index contributed by atoms with van der Waals surface area (Å²) in [6.07, 6.45) is 0. The molecule has 0 aliphatic carbocycles. The highest BCUT2D eigenvalue weighted by atomic mass is 32.3. The fraction of sp³-hybridized carbons (Fsp3) is 0.273. The van der Waals surface area contributed by atoms with E-state index >= 15 is 0 Å². The molecular weight excluding hydrogens is 356 g/mol. The topological polar surface area (TPSA) is 86.7 Å². The average molecular weight is 368 g/mol. The predicted octanol–water partition coefficient (Wildman–Crippen LogP) is 2.49. The average Bonchev–Trinajstić information content (AvgIpc) is 2.98. The highest BCUT2D eigenvalue weighted by Crippen LogP contribution is 2.24. The molecule has 116 valence electrons. The van der Waals surface area contributed by atoms with E-state index in [2.05, 4.69) is 8.37 Å². The first-order valence-electron chi connectivity index (χ1n) is 5.60. The van der Waals surface area contributed by atoms with E-state index in [1.807, 2.05) is 0 Å². The van der Waals surface area contributed by atoms with Crippen LogP contribution in [0.25, 0.3) is 0 Å². The molecule has 0 unspecified atom stereocenters. The number of aryl methyl sites for hydroxylation is 2. The van der Waals surface area contributed by atoms with Crippen LogP contribution in [-0.2, 0) is 28.6 Å². The second kappa shape index (κ2) is 6.15. The van der Waals surface area contributed by atoms with Gasteiger partial charge in [-0.25, -0.2) is 8.37 Å². The maximum absolute atomic E-state index is 11.8. The van der Waals surface area contributed by atoms with Crippen molar-refractivity contribution in [1.29, 1.82) is 0 Å². The third kappa shape index (κ3) is 4.11. The van der Waals surface area contributed by atoms with E-state index in [0.29, 0.717) is 0 Å². The van der Waals surface area contributed by atoms with Gasteiger partial charge in [-0.1, -0.05) is 0 Å². The minimum Gasteiger partial charge on any atom is -0.236 e. The zero-order valence-corrected chi connectivity index (χ0v) is 14.4. The fourth-order valence-corrected chi connectivity index (χ4v) is 5.41. The van der Waals surface area contributed by atoms with Crippen LogP contribution in [0, 0.1) is 13.8 Å². The van der Waals surface area contributed by atoms with E-state index < -0.39 is 27.0 Å². The van der Waals surface area contributed by atoms with Crippen molar-refractivity contribution < 1.29 is 25.2 Å². The van der Waals surface area contributed by atoms with Crippen LogP contribution in [0.1, 0.15) is 11.1 Å². The van der Waals surface area contributed by atoms with Gasteiger partial charge in [0.2, 0.25) is 0 Å². The Bertz CT molecular complexity index is 757. The summed E-state index contributed by atoms with van der Waals surface area (Å²) in [5.41, 5.74) is 1.56. The van der Waals surface area contributed by atoms with Crippen molar-refractivity contribution in [3.05, 3.63) is 34.0 Å². The Hall–Kier alpha value is -0.780. The molecule has 2 aromatic heterocycles. The third-order valence-corrected chi connectivity index (χ3v) is 7.83. The molecule has 0 atom stereocenters. The minimum atomic E-state index is -4.01. The van der Waals surface area contributed by atoms with Crippen molar-refractivity contribution in [3.8, 4) is 0 Å². The standard InChI is InChI=1S/C11H12O6S4/c1-8-3-10(18-5-8)20(12,13)16-7-17-21(14,15)11-4-9(2)6-19-11/h3-6H,7H2,1-2H3. The van der Waals surface area contributed by atoms with Gasteiger partial charge in [-0.3, -0.25) is 0 Å². The van der Waals surface area contributed by atoms with Gasteiger partial charge in [0.1, 0.15) is 8.42 Å². The summed E-state index contributed by atoms with van der Waals surface area (Å²) >= 11 is 2.00. The van der Waals surface area contributed by atoms with Gasteiger partial charge in [0.15, 0.2) is 6.79 Å². The van der Waals surface area contributed by atoms with E-state index in [1.54, 1.807) is 24.6 Å². The van der Waals surface area contributed by atoms with Gasteiger partial charge in [0, 0.05) is 0 Å². The van der Waals surface area contributed by atoms with Gasteiger partial charge in [0.05, 0.1) is 0 Å². The molecule has 6 nitrogen and oxygen atoms in total. The Morgan fingerprint density at radius 1 is 0.857 bits per heavy atom. The van der Waals surface area contributed by atoms with Crippen LogP contribution < -0.4 is 0 Å². The Labute approximate surface area is 131 Å². The summed E-state index contributed by atoms with van der Waals surface area (Å²) in [5, 5.41) is 3.31. The van der Waals surface area contributed by atoms with Gasteiger partial charge >= 0.3 is 20.2 Å². The minimum absolute atomic E-state index is 0.00738. The summed E-state index contributed by atoms with van der Waals surface area (Å²) in [6, 6.07) is 2.88. The quantitative estimate of drug-likeness (QED) is 0.575. The van der Waals surface area contributed by atoms with Crippen molar-refractivity contribution >= 4 is 42.9 Å². The van der Waals surface area contributed by atoms with Gasteiger partial charge in [-0.05, 0) is 47.9 Å². The summed E-state index contributed by atoms with van der Waals surface area (Å²) < 4.78 is 56.3. The molecular formula is C11H12O6S4. The summed E-state index contributed by atoms with van der Waals surface area (Å²) in [6.45, 7) is 2.60. The number of hydrogen-bond donors (Lipinski definition) is 0. The van der Waals surface area contributed by atoms with Crippen molar-refractivity contribution in [2.75, 3.05) is 6.79 Å². The molecule has 0 aliphatic rings. The SMILES string of the molecule is Cc1csc(S(=O)(=O)OCOS(=O)(=O)c2cc(C)cs2)c1.